The quantitative estimate of drug-likeness (QED) is 0.484. The van der Waals surface area contributed by atoms with Crippen molar-refractivity contribution in [3.63, 3.8) is 0 Å². The Labute approximate surface area is 156 Å². The molecule has 8 nitrogen and oxygen atoms in total. The maximum atomic E-state index is 10.8. The van der Waals surface area contributed by atoms with Crippen molar-refractivity contribution < 1.29 is 4.92 Å². The van der Waals surface area contributed by atoms with Gasteiger partial charge in [-0.2, -0.15) is 4.98 Å². The molecule has 3 aromatic rings. The fourth-order valence-corrected chi connectivity index (χ4v) is 2.46. The number of nitrogens with one attached hydrogen (secondary N) is 2. The lowest BCUT2D eigenvalue weighted by atomic mass is 10.2. The molecule has 0 aliphatic heterocycles. The van der Waals surface area contributed by atoms with E-state index in [9.17, 15) is 10.1 Å². The van der Waals surface area contributed by atoms with Crippen LogP contribution in [0.2, 0.25) is 0 Å². The van der Waals surface area contributed by atoms with Crippen LogP contribution in [0.3, 0.4) is 0 Å². The average molecular weight is 364 g/mol. The molecule has 0 atom stereocenters. The molecule has 2 heterocycles. The first-order chi connectivity index (χ1) is 13.0. The monoisotopic (exact) mass is 364 g/mol. The van der Waals surface area contributed by atoms with E-state index in [2.05, 4.69) is 25.6 Å². The first-order valence-electron chi connectivity index (χ1n) is 8.54. The van der Waals surface area contributed by atoms with Gasteiger partial charge < -0.3 is 10.6 Å². The van der Waals surface area contributed by atoms with Gasteiger partial charge in [0.25, 0.3) is 5.69 Å². The molecule has 0 radical (unpaired) electrons. The zero-order valence-corrected chi connectivity index (χ0v) is 15.1. The second-order valence-electron chi connectivity index (χ2n) is 6.27. The summed E-state index contributed by atoms with van der Waals surface area (Å²) in [6.07, 6.45) is 3.44. The fourth-order valence-electron chi connectivity index (χ4n) is 2.46. The normalized spacial score (nSPS) is 10.6. The number of anilines is 2. The molecule has 0 saturated carbocycles. The molecule has 0 aliphatic carbocycles. The molecular formula is C19H20N6O2. The number of aromatic nitrogens is 3. The van der Waals surface area contributed by atoms with Crippen LogP contribution in [0.1, 0.15) is 19.4 Å². The van der Waals surface area contributed by atoms with Gasteiger partial charge in [0.15, 0.2) is 0 Å². The maximum Gasteiger partial charge on any atom is 0.269 e. The van der Waals surface area contributed by atoms with Crippen LogP contribution in [0.15, 0.2) is 54.9 Å². The molecule has 0 saturated heterocycles. The van der Waals surface area contributed by atoms with E-state index in [1.807, 2.05) is 32.0 Å². The van der Waals surface area contributed by atoms with Crippen LogP contribution in [-0.2, 0) is 6.54 Å². The topological polar surface area (TPSA) is 106 Å². The lowest BCUT2D eigenvalue weighted by molar-refractivity contribution is -0.384. The summed E-state index contributed by atoms with van der Waals surface area (Å²) in [7, 11) is 0. The first-order valence-corrected chi connectivity index (χ1v) is 8.54. The number of hydrogen-bond acceptors (Lipinski definition) is 7. The summed E-state index contributed by atoms with van der Waals surface area (Å²) in [5.74, 6) is 1.20. The predicted octanol–water partition coefficient (Wildman–Crippen LogP) is 3.88. The zero-order valence-electron chi connectivity index (χ0n) is 15.1. The second-order valence-corrected chi connectivity index (χ2v) is 6.27. The Morgan fingerprint density at radius 3 is 2.41 bits per heavy atom. The van der Waals surface area contributed by atoms with Gasteiger partial charge in [0.05, 0.1) is 10.6 Å². The molecule has 8 heteroatoms. The van der Waals surface area contributed by atoms with Crippen LogP contribution in [0.5, 0.6) is 0 Å². The second kappa shape index (κ2) is 8.22. The third-order valence-corrected chi connectivity index (χ3v) is 3.74. The van der Waals surface area contributed by atoms with Gasteiger partial charge in [0.2, 0.25) is 5.95 Å². The SMILES string of the molecule is CC(C)Nc1nc(NCc2ccc([N+](=O)[O-])cc2)cc(-c2ccncc2)n1. The van der Waals surface area contributed by atoms with E-state index in [4.69, 9.17) is 0 Å². The van der Waals surface area contributed by atoms with E-state index in [-0.39, 0.29) is 11.7 Å². The van der Waals surface area contributed by atoms with Gasteiger partial charge in [-0.15, -0.1) is 0 Å². The van der Waals surface area contributed by atoms with Crippen LogP contribution in [0.25, 0.3) is 11.3 Å². The average Bonchev–Trinajstić information content (AvgIpc) is 2.66. The van der Waals surface area contributed by atoms with Gasteiger partial charge in [0, 0.05) is 48.7 Å². The fraction of sp³-hybridized carbons (Fsp3) is 0.211. The Morgan fingerprint density at radius 2 is 1.78 bits per heavy atom. The van der Waals surface area contributed by atoms with Crippen LogP contribution < -0.4 is 10.6 Å². The van der Waals surface area contributed by atoms with E-state index >= 15 is 0 Å². The largest absolute Gasteiger partial charge is 0.366 e. The number of hydrogen-bond donors (Lipinski definition) is 2. The molecule has 0 bridgehead atoms. The van der Waals surface area contributed by atoms with Crippen LogP contribution in [-0.4, -0.2) is 25.9 Å². The Kier molecular flexibility index (Phi) is 5.55. The summed E-state index contributed by atoms with van der Waals surface area (Å²) < 4.78 is 0. The summed E-state index contributed by atoms with van der Waals surface area (Å²) in [6.45, 7) is 4.53. The van der Waals surface area contributed by atoms with Crippen molar-refractivity contribution in [1.82, 2.24) is 15.0 Å². The van der Waals surface area contributed by atoms with Crippen LogP contribution in [0, 0.1) is 10.1 Å². The summed E-state index contributed by atoms with van der Waals surface area (Å²) in [4.78, 5) is 23.4. The zero-order chi connectivity index (χ0) is 19.2. The van der Waals surface area contributed by atoms with Crippen LogP contribution >= 0.6 is 0 Å². The molecule has 0 fully saturated rings. The Bertz CT molecular complexity index is 913. The van der Waals surface area contributed by atoms with Crippen molar-refractivity contribution in [2.45, 2.75) is 26.4 Å². The van der Waals surface area contributed by atoms with Crippen LogP contribution in [0.4, 0.5) is 17.5 Å². The molecule has 0 unspecified atom stereocenters. The molecule has 27 heavy (non-hydrogen) atoms. The molecule has 2 aromatic heterocycles. The highest BCUT2D eigenvalue weighted by Crippen LogP contribution is 2.22. The van der Waals surface area contributed by atoms with Gasteiger partial charge in [-0.05, 0) is 31.5 Å². The van der Waals surface area contributed by atoms with Crippen molar-refractivity contribution >= 4 is 17.5 Å². The van der Waals surface area contributed by atoms with Gasteiger partial charge in [0.1, 0.15) is 5.82 Å². The summed E-state index contributed by atoms with van der Waals surface area (Å²) in [6, 6.07) is 12.3. The van der Waals surface area contributed by atoms with Crippen molar-refractivity contribution in [3.8, 4) is 11.3 Å². The molecule has 0 amide bonds. The maximum absolute atomic E-state index is 10.8. The lowest BCUT2D eigenvalue weighted by Gasteiger charge is -2.13. The smallest absolute Gasteiger partial charge is 0.269 e. The van der Waals surface area contributed by atoms with Crippen molar-refractivity contribution in [1.29, 1.82) is 0 Å². The van der Waals surface area contributed by atoms with Gasteiger partial charge in [-0.1, -0.05) is 12.1 Å². The van der Waals surface area contributed by atoms with E-state index in [1.165, 1.54) is 12.1 Å². The third-order valence-electron chi connectivity index (χ3n) is 3.74. The summed E-state index contributed by atoms with van der Waals surface area (Å²) in [5, 5.41) is 17.2. The molecule has 1 aromatic carbocycles. The van der Waals surface area contributed by atoms with E-state index in [1.54, 1.807) is 24.5 Å². The Hall–Kier alpha value is -3.55. The number of nitro groups is 1. The standard InChI is InChI=1S/C19H20N6O2/c1-13(2)22-19-23-17(15-7-9-20-10-8-15)11-18(24-19)21-12-14-3-5-16(6-4-14)25(26)27/h3-11,13H,12H2,1-2H3,(H2,21,22,23,24). The number of non-ortho nitro benzene ring substituents is 1. The minimum Gasteiger partial charge on any atom is -0.366 e. The van der Waals surface area contributed by atoms with Gasteiger partial charge >= 0.3 is 0 Å². The Balaban J connectivity index is 1.82. The number of rotatable bonds is 7. The molecule has 138 valence electrons. The highest BCUT2D eigenvalue weighted by atomic mass is 16.6. The molecule has 2 N–H and O–H groups in total. The number of nitro benzene ring substituents is 1. The number of benzene rings is 1. The Morgan fingerprint density at radius 1 is 1.07 bits per heavy atom. The van der Waals surface area contributed by atoms with Gasteiger partial charge in [-0.25, -0.2) is 4.98 Å². The molecule has 3 rings (SSSR count). The number of nitrogens with zero attached hydrogens (tertiary/aromatic N) is 4. The molecule has 0 aliphatic rings. The minimum absolute atomic E-state index is 0.0733. The van der Waals surface area contributed by atoms with E-state index in [0.717, 1.165) is 16.8 Å². The van der Waals surface area contributed by atoms with E-state index in [0.29, 0.717) is 18.3 Å². The van der Waals surface area contributed by atoms with Crippen molar-refractivity contribution in [3.05, 3.63) is 70.5 Å². The first kappa shape index (κ1) is 18.2. The van der Waals surface area contributed by atoms with E-state index < -0.39 is 4.92 Å². The predicted molar refractivity (Wildman–Crippen MR) is 104 cm³/mol. The third kappa shape index (κ3) is 4.97. The summed E-state index contributed by atoms with van der Waals surface area (Å²) in [5.41, 5.74) is 2.71. The molecule has 0 spiro atoms. The summed E-state index contributed by atoms with van der Waals surface area (Å²) >= 11 is 0. The van der Waals surface area contributed by atoms with Crippen molar-refractivity contribution in [2.75, 3.05) is 10.6 Å². The van der Waals surface area contributed by atoms with Gasteiger partial charge in [-0.3, -0.25) is 15.1 Å². The highest BCUT2D eigenvalue weighted by Gasteiger charge is 2.09. The van der Waals surface area contributed by atoms with Crippen molar-refractivity contribution in [2.24, 2.45) is 0 Å². The number of pyridine rings is 1. The lowest BCUT2D eigenvalue weighted by Crippen LogP contribution is -2.14. The molecular weight excluding hydrogens is 344 g/mol. The highest BCUT2D eigenvalue weighted by molar-refractivity contribution is 5.64. The minimum atomic E-state index is -0.410.